The van der Waals surface area contributed by atoms with Crippen LogP contribution in [-0.2, 0) is 22.0 Å². The van der Waals surface area contributed by atoms with Gasteiger partial charge in [-0.1, -0.05) is 12.1 Å². The van der Waals surface area contributed by atoms with Crippen LogP contribution in [-0.4, -0.2) is 44.7 Å². The van der Waals surface area contributed by atoms with Gasteiger partial charge in [0.05, 0.1) is 0 Å². The molecule has 0 aromatic heterocycles. The molecule has 0 bridgehead atoms. The topological polar surface area (TPSA) is 57.6 Å². The van der Waals surface area contributed by atoms with Gasteiger partial charge in [0.1, 0.15) is 5.75 Å². The van der Waals surface area contributed by atoms with Crippen molar-refractivity contribution in [1.82, 2.24) is 4.90 Å². The van der Waals surface area contributed by atoms with Gasteiger partial charge in [-0.15, -0.1) is 0 Å². The van der Waals surface area contributed by atoms with E-state index < -0.39 is 10.8 Å². The number of likely N-dealkylation sites (tertiary alicyclic amines) is 1. The zero-order chi connectivity index (χ0) is 16.2. The number of hydrogen-bond donors (Lipinski definition) is 1. The van der Waals surface area contributed by atoms with E-state index in [1.165, 1.54) is 5.56 Å². The molecular formula is C18H25NO3S. The van der Waals surface area contributed by atoms with Crippen LogP contribution in [0.5, 0.6) is 5.75 Å². The van der Waals surface area contributed by atoms with E-state index >= 15 is 0 Å². The predicted molar refractivity (Wildman–Crippen MR) is 91.7 cm³/mol. The number of amides is 1. The van der Waals surface area contributed by atoms with Crippen LogP contribution >= 0.6 is 0 Å². The molecule has 0 radical (unpaired) electrons. The Balaban J connectivity index is 1.48. The summed E-state index contributed by atoms with van der Waals surface area (Å²) in [5, 5.41) is 9.55. The molecule has 5 heteroatoms. The third-order valence-corrected chi connectivity index (χ3v) is 6.48. The van der Waals surface area contributed by atoms with Gasteiger partial charge in [-0.2, -0.15) is 0 Å². The summed E-state index contributed by atoms with van der Waals surface area (Å²) in [5.41, 5.74) is 1.17. The Morgan fingerprint density at radius 3 is 2.52 bits per heavy atom. The van der Waals surface area contributed by atoms with Crippen molar-refractivity contribution in [2.45, 2.75) is 32.1 Å². The highest BCUT2D eigenvalue weighted by Gasteiger charge is 2.30. The normalized spacial score (nSPS) is 26.2. The van der Waals surface area contributed by atoms with E-state index in [0.717, 1.165) is 45.2 Å². The Hall–Kier alpha value is -1.36. The maximum atomic E-state index is 12.6. The molecule has 1 aromatic carbocycles. The second kappa shape index (κ2) is 7.47. The van der Waals surface area contributed by atoms with Gasteiger partial charge in [-0.05, 0) is 55.7 Å². The first-order valence-electron chi connectivity index (χ1n) is 8.53. The number of rotatable bonds is 3. The first-order valence-corrected chi connectivity index (χ1v) is 10.0. The number of nitrogens with zero attached hydrogens (tertiary/aromatic N) is 1. The van der Waals surface area contributed by atoms with E-state index in [2.05, 4.69) is 6.07 Å². The highest BCUT2D eigenvalue weighted by Crippen LogP contribution is 2.26. The summed E-state index contributed by atoms with van der Waals surface area (Å²) < 4.78 is 11.4. The Bertz CT molecular complexity index is 571. The lowest BCUT2D eigenvalue weighted by molar-refractivity contribution is -0.137. The second-order valence-corrected chi connectivity index (χ2v) is 8.46. The number of carbonyl (C=O) groups is 1. The van der Waals surface area contributed by atoms with Crippen molar-refractivity contribution in [2.24, 2.45) is 11.8 Å². The molecule has 126 valence electrons. The number of hydrogen-bond acceptors (Lipinski definition) is 3. The maximum Gasteiger partial charge on any atom is 0.225 e. The molecule has 3 rings (SSSR count). The molecule has 2 fully saturated rings. The lowest BCUT2D eigenvalue weighted by Gasteiger charge is -2.35. The molecule has 0 atom stereocenters. The Labute approximate surface area is 140 Å². The molecule has 0 unspecified atom stereocenters. The van der Waals surface area contributed by atoms with E-state index in [4.69, 9.17) is 0 Å². The minimum atomic E-state index is -0.704. The summed E-state index contributed by atoms with van der Waals surface area (Å²) in [7, 11) is -0.704. The fourth-order valence-corrected chi connectivity index (χ4v) is 4.97. The number of carbonyl (C=O) groups excluding carboxylic acids is 1. The fraction of sp³-hybridized carbons (Fsp3) is 0.611. The first-order chi connectivity index (χ1) is 11.1. The van der Waals surface area contributed by atoms with E-state index in [1.54, 1.807) is 6.07 Å². The maximum absolute atomic E-state index is 12.6. The van der Waals surface area contributed by atoms with Crippen molar-refractivity contribution < 1.29 is 14.1 Å². The molecule has 1 aromatic rings. The van der Waals surface area contributed by atoms with Crippen molar-refractivity contribution in [1.29, 1.82) is 0 Å². The van der Waals surface area contributed by atoms with Crippen LogP contribution in [0.25, 0.3) is 0 Å². The van der Waals surface area contributed by atoms with Crippen molar-refractivity contribution in [2.75, 3.05) is 24.6 Å². The monoisotopic (exact) mass is 335 g/mol. The number of phenols is 1. The summed E-state index contributed by atoms with van der Waals surface area (Å²) in [5.74, 6) is 2.65. The number of aromatic hydroxyl groups is 1. The zero-order valence-electron chi connectivity index (χ0n) is 13.4. The predicted octanol–water partition coefficient (Wildman–Crippen LogP) is 2.33. The molecule has 2 heterocycles. The van der Waals surface area contributed by atoms with Crippen LogP contribution in [0.1, 0.15) is 31.2 Å². The number of phenolic OH excluding ortho intramolecular Hbond substituents is 1. The number of benzene rings is 1. The molecule has 2 aliphatic heterocycles. The van der Waals surface area contributed by atoms with E-state index in [-0.39, 0.29) is 11.8 Å². The third-order valence-electron chi connectivity index (χ3n) is 5.10. The SMILES string of the molecule is O=C(C1CCS(=O)CC1)N1CCC(Cc2cccc(O)c2)CC1. The average molecular weight is 335 g/mol. The highest BCUT2D eigenvalue weighted by molar-refractivity contribution is 7.85. The fourth-order valence-electron chi connectivity index (χ4n) is 3.67. The van der Waals surface area contributed by atoms with Crippen molar-refractivity contribution in [3.05, 3.63) is 29.8 Å². The molecule has 4 nitrogen and oxygen atoms in total. The smallest absolute Gasteiger partial charge is 0.225 e. The molecule has 1 N–H and O–H groups in total. The molecule has 23 heavy (non-hydrogen) atoms. The molecular weight excluding hydrogens is 310 g/mol. The standard InChI is InChI=1S/C18H25NO3S/c20-17-3-1-2-15(13-17)12-14-4-8-19(9-5-14)18(21)16-6-10-23(22)11-7-16/h1-3,13-14,16,20H,4-12H2. The van der Waals surface area contributed by atoms with E-state index in [0.29, 0.717) is 23.2 Å². The molecule has 1 amide bonds. The van der Waals surface area contributed by atoms with Gasteiger partial charge < -0.3 is 10.0 Å². The van der Waals surface area contributed by atoms with Gasteiger partial charge in [0.25, 0.3) is 0 Å². The minimum absolute atomic E-state index is 0.0929. The van der Waals surface area contributed by atoms with Gasteiger partial charge >= 0.3 is 0 Å². The van der Waals surface area contributed by atoms with Crippen LogP contribution in [0.15, 0.2) is 24.3 Å². The first kappa shape index (κ1) is 16.5. The van der Waals surface area contributed by atoms with Crippen molar-refractivity contribution in [3.8, 4) is 5.75 Å². The Morgan fingerprint density at radius 2 is 1.87 bits per heavy atom. The van der Waals surface area contributed by atoms with Crippen molar-refractivity contribution in [3.63, 3.8) is 0 Å². The van der Waals surface area contributed by atoms with Crippen molar-refractivity contribution >= 4 is 16.7 Å². The largest absolute Gasteiger partial charge is 0.508 e. The molecule has 2 saturated heterocycles. The molecule has 0 saturated carbocycles. The average Bonchev–Trinajstić information content (AvgIpc) is 2.56. The van der Waals surface area contributed by atoms with Crippen LogP contribution in [0.4, 0.5) is 0 Å². The van der Waals surface area contributed by atoms with Crippen LogP contribution in [0.2, 0.25) is 0 Å². The van der Waals surface area contributed by atoms with Gasteiger partial charge in [-0.3, -0.25) is 9.00 Å². The number of piperidine rings is 1. The zero-order valence-corrected chi connectivity index (χ0v) is 14.3. The van der Waals surface area contributed by atoms with E-state index in [9.17, 15) is 14.1 Å². The summed E-state index contributed by atoms with van der Waals surface area (Å²) in [4.78, 5) is 14.6. The van der Waals surface area contributed by atoms with Gasteiger partial charge in [0, 0.05) is 41.3 Å². The third kappa shape index (κ3) is 4.34. The quantitative estimate of drug-likeness (QED) is 0.922. The van der Waals surface area contributed by atoms with Gasteiger partial charge in [-0.25, -0.2) is 0 Å². The Morgan fingerprint density at radius 1 is 1.17 bits per heavy atom. The van der Waals surface area contributed by atoms with Crippen LogP contribution < -0.4 is 0 Å². The summed E-state index contributed by atoms with van der Waals surface area (Å²) >= 11 is 0. The van der Waals surface area contributed by atoms with Crippen LogP contribution in [0, 0.1) is 11.8 Å². The molecule has 0 spiro atoms. The van der Waals surface area contributed by atoms with Gasteiger partial charge in [0.2, 0.25) is 5.91 Å². The lowest BCUT2D eigenvalue weighted by Crippen LogP contribution is -2.43. The van der Waals surface area contributed by atoms with Crippen LogP contribution in [0.3, 0.4) is 0 Å². The minimum Gasteiger partial charge on any atom is -0.508 e. The second-order valence-electron chi connectivity index (χ2n) is 6.77. The lowest BCUT2D eigenvalue weighted by atomic mass is 9.89. The van der Waals surface area contributed by atoms with E-state index in [1.807, 2.05) is 17.0 Å². The Kier molecular flexibility index (Phi) is 5.36. The highest BCUT2D eigenvalue weighted by atomic mass is 32.2. The summed E-state index contributed by atoms with van der Waals surface area (Å²) in [6.45, 7) is 1.67. The summed E-state index contributed by atoms with van der Waals surface area (Å²) in [6, 6.07) is 7.47. The van der Waals surface area contributed by atoms with Gasteiger partial charge in [0.15, 0.2) is 0 Å². The molecule has 2 aliphatic rings. The molecule has 0 aliphatic carbocycles. The summed E-state index contributed by atoms with van der Waals surface area (Å²) in [6.07, 6.45) is 4.60.